The fourth-order valence-corrected chi connectivity index (χ4v) is 14.4. The van der Waals surface area contributed by atoms with Crippen molar-refractivity contribution in [2.45, 2.75) is 255 Å². The Kier molecular flexibility index (Phi) is 35.1. The molecule has 5 fully saturated rings. The van der Waals surface area contributed by atoms with E-state index >= 15 is 4.39 Å². The molecule has 1 aliphatic carbocycles. The van der Waals surface area contributed by atoms with Gasteiger partial charge in [0.25, 0.3) is 0 Å². The van der Waals surface area contributed by atoms with Gasteiger partial charge in [-0.05, 0) is 185 Å². The lowest BCUT2D eigenvalue weighted by molar-refractivity contribution is -0.134. The number of halogens is 2. The van der Waals surface area contributed by atoms with Gasteiger partial charge in [-0.25, -0.2) is 8.78 Å². The van der Waals surface area contributed by atoms with E-state index in [4.69, 9.17) is 14.3 Å². The Morgan fingerprint density at radius 3 is 2.13 bits per heavy atom. The molecule has 17 heteroatoms. The Bertz CT molecular complexity index is 3120. The highest BCUT2D eigenvalue weighted by Crippen LogP contribution is 2.52. The van der Waals surface area contributed by atoms with Gasteiger partial charge in [0, 0.05) is 69.6 Å². The molecule has 3 aromatic carbocycles. The van der Waals surface area contributed by atoms with E-state index in [0.717, 1.165) is 60.1 Å². The number of phenolic OH excluding ortho intramolecular Hbond substituents is 1. The van der Waals surface area contributed by atoms with Gasteiger partial charge in [-0.15, -0.1) is 0 Å². The standard InChI is InChI=1S/C24H22F2N4O3.C23H36N2O2.C14H28.C9H17NO.C3H6O.C2H4O.C2H6/c1-3-15-18(25)5-4-12-8-14(32)9-16(19(12)15)21-20(26)22-17(10-27-21)23(29-24(28-22)33-2)30-7-6-13(31)11-30;1-6-8-18(10-9-16(3)7-2)19-11-12-20(17(4)15-19)25(5)21-13-14-22(26)24-23(21)27;1-5-8-14(10-13(4)11-14)9-7-12(3)6-2;1-11-7-9-5-4-8-3-2-6-10(8)9;1-2-3-4;1-2-3;1-2/h4-5,8-10,13,31-32H,3,6-7,11H2,1-2H3;11-12,15-16,18,21H,6-10,13-14H2,1-5H3,(H,24,26,27);12-13H,5-11H2,1-4H3;8-9H,2-7H2,1H3;3H,2H2,1H3;2H,1H3;1-2H3. The molecule has 6 heterocycles. The number of amides is 2. The van der Waals surface area contributed by atoms with Crippen molar-refractivity contribution in [3.05, 3.63) is 77.0 Å². The van der Waals surface area contributed by atoms with Crippen molar-refractivity contribution in [3.63, 3.8) is 0 Å². The number of carbonyl (C=O) groups excluding carboxylic acids is 4. The second kappa shape index (κ2) is 41.0. The zero-order valence-electron chi connectivity index (χ0n) is 60.4. The van der Waals surface area contributed by atoms with Crippen LogP contribution in [0.25, 0.3) is 32.9 Å². The Morgan fingerprint density at radius 2 is 1.55 bits per heavy atom. The third-order valence-corrected chi connectivity index (χ3v) is 19.6. The van der Waals surface area contributed by atoms with Crippen LogP contribution in [-0.2, 0) is 30.3 Å². The number of β-amino-alcohol motifs (C(OH)–C–C–N with tert-alkyl or cyclic N) is 1. The molecule has 4 saturated heterocycles. The Hall–Kier alpha value is -6.17. The van der Waals surface area contributed by atoms with Crippen LogP contribution in [0.4, 0.5) is 20.3 Å². The van der Waals surface area contributed by atoms with E-state index < -0.39 is 17.7 Å². The number of methoxy groups -OCH3 is 2. The van der Waals surface area contributed by atoms with Crippen LogP contribution < -0.4 is 19.9 Å². The molecule has 1 saturated carbocycles. The summed E-state index contributed by atoms with van der Waals surface area (Å²) >= 11 is 0. The van der Waals surface area contributed by atoms with Gasteiger partial charge in [0.15, 0.2) is 5.82 Å². The minimum atomic E-state index is -0.729. The van der Waals surface area contributed by atoms with Gasteiger partial charge in [0.1, 0.15) is 47.2 Å². The number of aliphatic hydroxyl groups is 1. The topological polar surface area (TPSA) is 188 Å². The number of aromatic nitrogens is 3. The Balaban J connectivity index is 0.000000274. The van der Waals surface area contributed by atoms with Crippen molar-refractivity contribution in [3.8, 4) is 23.0 Å². The van der Waals surface area contributed by atoms with Crippen molar-refractivity contribution in [2.24, 2.45) is 23.2 Å². The molecule has 7 unspecified atom stereocenters. The number of hydrogen-bond donors (Lipinski definition) is 3. The summed E-state index contributed by atoms with van der Waals surface area (Å²) in [5, 5.41) is 24.1. The molecule has 524 valence electrons. The summed E-state index contributed by atoms with van der Waals surface area (Å²) in [7, 11) is 5.15. The average Bonchev–Trinajstić information content (AvgIpc) is 0.903. The predicted octanol–water partition coefficient (Wildman–Crippen LogP) is 17.0. The number of hydrogen-bond acceptors (Lipinski definition) is 14. The Labute approximate surface area is 563 Å². The van der Waals surface area contributed by atoms with Gasteiger partial charge in [-0.3, -0.25) is 24.8 Å². The first-order valence-electron chi connectivity index (χ1n) is 35.7. The number of aldehydes is 2. The minimum Gasteiger partial charge on any atom is -0.508 e. The first kappa shape index (κ1) is 80.3. The highest BCUT2D eigenvalue weighted by Gasteiger charge is 2.41. The van der Waals surface area contributed by atoms with E-state index in [1.807, 2.05) is 51.7 Å². The number of imide groups is 1. The summed E-state index contributed by atoms with van der Waals surface area (Å²) in [6.07, 6.45) is 27.2. The summed E-state index contributed by atoms with van der Waals surface area (Å²) in [4.78, 5) is 61.0. The van der Waals surface area contributed by atoms with Crippen LogP contribution in [0.15, 0.2) is 48.7 Å². The maximum atomic E-state index is 16.0. The number of phenols is 1. The maximum absolute atomic E-state index is 16.0. The molecule has 7 atom stereocenters. The van der Waals surface area contributed by atoms with Gasteiger partial charge in [0.05, 0.1) is 25.2 Å². The SMILES string of the molecule is CC.CC=O.CCC=O.CCCC(CCC(C)CC)c1ccc(N(C)C2CCC(=O)NC2=O)c(C)c1.CCCC1(CCC(C)CC)CC(C)C1.CCc1c(F)ccc2cc(O)cc(-c3ncc4c(N5CCC(O)C5)nc(OC)nc4c3F)c12.COCC1CCC2CCCN21. The third kappa shape index (κ3) is 22.5. The quantitative estimate of drug-likeness (QED) is 0.0439. The number of anilines is 2. The summed E-state index contributed by atoms with van der Waals surface area (Å²) < 4.78 is 40.9. The monoisotopic (exact) mass is 1310 g/mol. The molecule has 5 aromatic rings. The van der Waals surface area contributed by atoms with E-state index in [0.29, 0.717) is 78.7 Å². The second-order valence-electron chi connectivity index (χ2n) is 26.6. The number of ether oxygens (including phenoxy) is 2. The predicted molar refractivity (Wildman–Crippen MR) is 381 cm³/mol. The van der Waals surface area contributed by atoms with E-state index in [-0.39, 0.29) is 46.4 Å². The number of aliphatic hydroxyl groups excluding tert-OH is 1. The Morgan fingerprint density at radius 1 is 0.862 bits per heavy atom. The number of nitrogens with zero attached hydrogens (tertiary/aromatic N) is 6. The number of pyridine rings is 1. The molecule has 0 bridgehead atoms. The van der Waals surface area contributed by atoms with Gasteiger partial charge < -0.3 is 39.1 Å². The number of benzene rings is 3. The maximum Gasteiger partial charge on any atom is 0.318 e. The second-order valence-corrected chi connectivity index (χ2v) is 26.6. The van der Waals surface area contributed by atoms with Crippen LogP contribution in [0, 0.1) is 41.7 Å². The number of nitrogens with one attached hydrogen (secondary N) is 1. The summed E-state index contributed by atoms with van der Waals surface area (Å²) in [6, 6.07) is 13.8. The van der Waals surface area contributed by atoms with E-state index in [2.05, 4.69) is 98.8 Å². The van der Waals surface area contributed by atoms with Gasteiger partial charge in [0.2, 0.25) is 11.8 Å². The molecular formula is C77H119F2N7O8. The van der Waals surface area contributed by atoms with Crippen molar-refractivity contribution in [1.82, 2.24) is 25.2 Å². The number of fused-ring (bicyclic) bond motifs is 3. The average molecular weight is 1310 g/mol. The summed E-state index contributed by atoms with van der Waals surface area (Å²) in [5.41, 5.74) is 5.09. The van der Waals surface area contributed by atoms with Gasteiger partial charge >= 0.3 is 6.01 Å². The van der Waals surface area contributed by atoms with Crippen molar-refractivity contribution < 1.29 is 47.6 Å². The molecule has 2 aromatic heterocycles. The first-order chi connectivity index (χ1) is 45.1. The zero-order chi connectivity index (χ0) is 69.7. The lowest BCUT2D eigenvalue weighted by atomic mass is 9.58. The van der Waals surface area contributed by atoms with Crippen LogP contribution in [0.1, 0.15) is 234 Å². The molecule has 4 aliphatic heterocycles. The minimum absolute atomic E-state index is 0.00539. The van der Waals surface area contributed by atoms with Crippen LogP contribution in [0.5, 0.6) is 11.8 Å². The molecule has 3 N–H and O–H groups in total. The number of likely N-dealkylation sites (N-methyl/N-ethyl adjacent to an activating group) is 1. The molecule has 0 spiro atoms. The number of aromatic hydroxyl groups is 1. The molecular weight excluding hydrogens is 1190 g/mol. The molecule has 0 radical (unpaired) electrons. The zero-order valence-corrected chi connectivity index (χ0v) is 60.4. The number of rotatable bonds is 22. The highest BCUT2D eigenvalue weighted by atomic mass is 19.1. The highest BCUT2D eigenvalue weighted by molar-refractivity contribution is 6.03. The smallest absolute Gasteiger partial charge is 0.318 e. The van der Waals surface area contributed by atoms with Crippen molar-refractivity contribution in [2.75, 3.05) is 57.3 Å². The van der Waals surface area contributed by atoms with E-state index in [1.54, 1.807) is 6.07 Å². The van der Waals surface area contributed by atoms with Crippen LogP contribution in [0.3, 0.4) is 0 Å². The first-order valence-corrected chi connectivity index (χ1v) is 35.7. The number of aryl methyl sites for hydroxylation is 2. The largest absolute Gasteiger partial charge is 0.508 e. The lowest BCUT2D eigenvalue weighted by Crippen LogP contribution is -2.51. The van der Waals surface area contributed by atoms with Crippen LogP contribution >= 0.6 is 0 Å². The van der Waals surface area contributed by atoms with Crippen LogP contribution in [-0.4, -0.2) is 126 Å². The summed E-state index contributed by atoms with van der Waals surface area (Å²) in [6.45, 7) is 30.7. The number of piperidine rings is 1. The molecule has 10 rings (SSSR count). The molecule has 5 aliphatic rings. The van der Waals surface area contributed by atoms with Gasteiger partial charge in [-0.1, -0.05) is 133 Å². The summed E-state index contributed by atoms with van der Waals surface area (Å²) in [5.74, 6) is 2.20. The molecule has 94 heavy (non-hydrogen) atoms. The molecule has 15 nitrogen and oxygen atoms in total. The van der Waals surface area contributed by atoms with Crippen molar-refractivity contribution in [1.29, 1.82) is 0 Å². The fraction of sp³-hybridized carbons (Fsp3) is 0.649. The molecule has 2 amide bonds. The lowest BCUT2D eigenvalue weighted by Gasteiger charge is -2.47. The van der Waals surface area contributed by atoms with E-state index in [1.165, 1.54) is 159 Å². The van der Waals surface area contributed by atoms with E-state index in [9.17, 15) is 29.0 Å². The normalized spacial score (nSPS) is 21.2. The van der Waals surface area contributed by atoms with Crippen LogP contribution in [0.2, 0.25) is 0 Å². The number of carbonyl (C=O) groups is 4. The van der Waals surface area contributed by atoms with Gasteiger partial charge in [-0.2, -0.15) is 9.97 Å². The fourth-order valence-electron chi connectivity index (χ4n) is 14.4. The van der Waals surface area contributed by atoms with Crippen molar-refractivity contribution >= 4 is 57.6 Å². The third-order valence-electron chi connectivity index (χ3n) is 19.6.